The summed E-state index contributed by atoms with van der Waals surface area (Å²) < 4.78 is 25.3. The van der Waals surface area contributed by atoms with Crippen molar-refractivity contribution in [2.75, 3.05) is 0 Å². The van der Waals surface area contributed by atoms with Gasteiger partial charge in [-0.15, -0.1) is 0 Å². The normalized spacial score (nSPS) is 10.9. The Bertz CT molecular complexity index is 320. The fourth-order valence-corrected chi connectivity index (χ4v) is 1.98. The van der Waals surface area contributed by atoms with Gasteiger partial charge in [-0.1, -0.05) is 11.6 Å². The zero-order valence-corrected chi connectivity index (χ0v) is 9.31. The third-order valence-electron chi connectivity index (χ3n) is 1.49. The highest BCUT2D eigenvalue weighted by molar-refractivity contribution is 14.1. The van der Waals surface area contributed by atoms with Crippen molar-refractivity contribution in [3.05, 3.63) is 26.0 Å². The maximum Gasteiger partial charge on any atom is 0.266 e. The largest absolute Gasteiger partial charge is 0.325 e. The predicted molar refractivity (Wildman–Crippen MR) is 54.8 cm³/mol. The summed E-state index contributed by atoms with van der Waals surface area (Å²) in [6.45, 7) is 0.0650. The van der Waals surface area contributed by atoms with Gasteiger partial charge in [0, 0.05) is 16.3 Å². The molecular formula is C7H6ClF2IN2. The summed E-state index contributed by atoms with van der Waals surface area (Å²) >= 11 is 7.45. The van der Waals surface area contributed by atoms with Crippen molar-refractivity contribution in [1.29, 1.82) is 0 Å². The van der Waals surface area contributed by atoms with Crippen LogP contribution in [0.2, 0.25) is 5.02 Å². The summed E-state index contributed by atoms with van der Waals surface area (Å²) in [5.41, 5.74) is 5.40. The summed E-state index contributed by atoms with van der Waals surface area (Å²) in [6.07, 6.45) is -1.25. The first kappa shape index (κ1) is 11.1. The first-order valence-electron chi connectivity index (χ1n) is 3.39. The Morgan fingerprint density at radius 2 is 2.23 bits per heavy atom. The smallest absolute Gasteiger partial charge is 0.266 e. The Balaban J connectivity index is 3.30. The Hall–Kier alpha value is -0.0100. The molecule has 1 aromatic heterocycles. The van der Waals surface area contributed by atoms with Gasteiger partial charge in [0.15, 0.2) is 0 Å². The zero-order valence-electron chi connectivity index (χ0n) is 6.40. The molecule has 0 spiro atoms. The Kier molecular flexibility index (Phi) is 3.81. The van der Waals surface area contributed by atoms with Crippen LogP contribution < -0.4 is 5.73 Å². The van der Waals surface area contributed by atoms with E-state index in [0.29, 0.717) is 9.26 Å². The molecule has 2 nitrogen and oxygen atoms in total. The van der Waals surface area contributed by atoms with E-state index in [2.05, 4.69) is 4.98 Å². The van der Waals surface area contributed by atoms with Crippen LogP contribution in [0.1, 0.15) is 17.7 Å². The van der Waals surface area contributed by atoms with E-state index in [0.717, 1.165) is 0 Å². The van der Waals surface area contributed by atoms with E-state index in [1.807, 2.05) is 0 Å². The number of nitrogens with zero attached hydrogens (tertiary/aromatic N) is 1. The van der Waals surface area contributed by atoms with E-state index in [1.165, 1.54) is 6.20 Å². The van der Waals surface area contributed by atoms with Crippen molar-refractivity contribution >= 4 is 34.2 Å². The lowest BCUT2D eigenvalue weighted by Gasteiger charge is -2.08. The molecule has 0 radical (unpaired) electrons. The molecule has 0 atom stereocenters. The van der Waals surface area contributed by atoms with Crippen LogP contribution in [0.25, 0.3) is 0 Å². The number of pyridine rings is 1. The van der Waals surface area contributed by atoms with Crippen molar-refractivity contribution in [2.45, 2.75) is 13.0 Å². The molecular weight excluding hydrogens is 312 g/mol. The molecule has 0 aliphatic carbocycles. The summed E-state index contributed by atoms with van der Waals surface area (Å²) in [5, 5.41) is -0.0237. The Morgan fingerprint density at radius 3 is 2.69 bits per heavy atom. The maximum atomic E-state index is 12.4. The number of nitrogens with two attached hydrogens (primary N) is 1. The van der Waals surface area contributed by atoms with Crippen LogP contribution in [0.5, 0.6) is 0 Å². The van der Waals surface area contributed by atoms with Crippen LogP contribution in [0.4, 0.5) is 8.78 Å². The van der Waals surface area contributed by atoms with Gasteiger partial charge >= 0.3 is 0 Å². The quantitative estimate of drug-likeness (QED) is 0.852. The molecule has 0 saturated heterocycles. The molecule has 13 heavy (non-hydrogen) atoms. The molecule has 72 valence electrons. The van der Waals surface area contributed by atoms with Crippen molar-refractivity contribution < 1.29 is 8.78 Å². The van der Waals surface area contributed by atoms with Crippen molar-refractivity contribution in [1.82, 2.24) is 4.98 Å². The predicted octanol–water partition coefficient (Wildman–Crippen LogP) is 2.74. The molecule has 2 N–H and O–H groups in total. The van der Waals surface area contributed by atoms with E-state index in [1.54, 1.807) is 22.6 Å². The summed E-state index contributed by atoms with van der Waals surface area (Å²) in [4.78, 5) is 3.84. The molecule has 0 aliphatic heterocycles. The third kappa shape index (κ3) is 2.26. The average molecular weight is 318 g/mol. The lowest BCUT2D eigenvalue weighted by Crippen LogP contribution is -2.04. The van der Waals surface area contributed by atoms with Gasteiger partial charge in [0.1, 0.15) is 0 Å². The minimum atomic E-state index is -2.59. The van der Waals surface area contributed by atoms with E-state index in [9.17, 15) is 8.78 Å². The Morgan fingerprint density at radius 1 is 1.62 bits per heavy atom. The lowest BCUT2D eigenvalue weighted by molar-refractivity contribution is 0.150. The van der Waals surface area contributed by atoms with E-state index in [-0.39, 0.29) is 17.1 Å². The minimum absolute atomic E-state index is 0.0237. The van der Waals surface area contributed by atoms with Crippen LogP contribution in [0, 0.1) is 3.57 Å². The highest BCUT2D eigenvalue weighted by Gasteiger charge is 2.18. The van der Waals surface area contributed by atoms with Crippen LogP contribution in [-0.2, 0) is 6.54 Å². The molecule has 1 heterocycles. The molecule has 1 rings (SSSR count). The van der Waals surface area contributed by atoms with E-state index >= 15 is 0 Å². The van der Waals surface area contributed by atoms with Gasteiger partial charge in [-0.25, -0.2) is 8.78 Å². The molecule has 0 aromatic carbocycles. The number of halogens is 4. The number of hydrogen-bond acceptors (Lipinski definition) is 2. The monoisotopic (exact) mass is 318 g/mol. The van der Waals surface area contributed by atoms with Crippen molar-refractivity contribution in [2.24, 2.45) is 5.73 Å². The van der Waals surface area contributed by atoms with Crippen molar-refractivity contribution in [3.63, 3.8) is 0 Å². The second-order valence-electron chi connectivity index (χ2n) is 2.29. The summed E-state index contributed by atoms with van der Waals surface area (Å²) in [7, 11) is 0. The molecule has 0 aliphatic rings. The molecule has 1 aromatic rings. The summed E-state index contributed by atoms with van der Waals surface area (Å²) in [5.74, 6) is 0. The molecule has 0 saturated carbocycles. The van der Waals surface area contributed by atoms with Gasteiger partial charge in [0.2, 0.25) is 0 Å². The van der Waals surface area contributed by atoms with Gasteiger partial charge in [0.05, 0.1) is 16.3 Å². The fraction of sp³-hybridized carbons (Fsp3) is 0.286. The molecule has 0 fully saturated rings. The Labute approximate surface area is 92.6 Å². The maximum absolute atomic E-state index is 12.4. The van der Waals surface area contributed by atoms with Crippen molar-refractivity contribution in [3.8, 4) is 0 Å². The first-order chi connectivity index (χ1) is 6.07. The van der Waals surface area contributed by atoms with Crippen LogP contribution in [-0.4, -0.2) is 4.98 Å². The van der Waals surface area contributed by atoms with Crippen LogP contribution in [0.3, 0.4) is 0 Å². The van der Waals surface area contributed by atoms with Gasteiger partial charge in [-0.05, 0) is 22.6 Å². The van der Waals surface area contributed by atoms with E-state index < -0.39 is 6.43 Å². The molecule has 6 heteroatoms. The van der Waals surface area contributed by atoms with Crippen LogP contribution >= 0.6 is 34.2 Å². The number of hydrogen-bond donors (Lipinski definition) is 1. The van der Waals surface area contributed by atoms with Gasteiger partial charge in [0.25, 0.3) is 6.43 Å². The third-order valence-corrected chi connectivity index (χ3v) is 2.77. The standard InChI is InChI=1S/C7H6ClF2IN2/c8-6-4(1-12)13-2-3(11)5(6)7(9)10/h2,7H,1,12H2. The fourth-order valence-electron chi connectivity index (χ4n) is 0.863. The highest BCUT2D eigenvalue weighted by Crippen LogP contribution is 2.32. The minimum Gasteiger partial charge on any atom is -0.325 e. The second kappa shape index (κ2) is 4.47. The van der Waals surface area contributed by atoms with Gasteiger partial charge in [-0.3, -0.25) is 4.98 Å². The van der Waals surface area contributed by atoms with Gasteiger partial charge < -0.3 is 5.73 Å². The molecule has 0 amide bonds. The summed E-state index contributed by atoms with van der Waals surface area (Å²) in [6, 6.07) is 0. The second-order valence-corrected chi connectivity index (χ2v) is 3.83. The van der Waals surface area contributed by atoms with Gasteiger partial charge in [-0.2, -0.15) is 0 Å². The number of alkyl halides is 2. The number of rotatable bonds is 2. The van der Waals surface area contributed by atoms with E-state index in [4.69, 9.17) is 17.3 Å². The number of aromatic nitrogens is 1. The topological polar surface area (TPSA) is 38.9 Å². The average Bonchev–Trinajstić information content (AvgIpc) is 2.04. The first-order valence-corrected chi connectivity index (χ1v) is 4.84. The molecule has 0 bridgehead atoms. The lowest BCUT2D eigenvalue weighted by atomic mass is 10.2. The highest BCUT2D eigenvalue weighted by atomic mass is 127. The zero-order chi connectivity index (χ0) is 10.0. The molecule has 0 unspecified atom stereocenters. The van der Waals surface area contributed by atoms with Crippen LogP contribution in [0.15, 0.2) is 6.20 Å². The SMILES string of the molecule is NCc1ncc(I)c(C(F)F)c1Cl.